The Morgan fingerprint density at radius 2 is 1.88 bits per heavy atom. The van der Waals surface area contributed by atoms with E-state index in [2.05, 4.69) is 4.72 Å². The first-order valence-electron chi connectivity index (χ1n) is 10.7. The molecule has 2 amide bonds. The number of rotatable bonds is 10. The maximum absolute atomic E-state index is 12.9. The van der Waals surface area contributed by atoms with Gasteiger partial charge in [0, 0.05) is 6.54 Å². The van der Waals surface area contributed by atoms with Gasteiger partial charge in [-0.25, -0.2) is 22.8 Å². The first-order chi connectivity index (χ1) is 15.8. The molecule has 1 saturated heterocycles. The van der Waals surface area contributed by atoms with Crippen LogP contribution in [0.15, 0.2) is 71.6 Å². The summed E-state index contributed by atoms with van der Waals surface area (Å²) in [5.41, 5.74) is 1.96. The second kappa shape index (κ2) is 11.2. The number of ether oxygens (including phenoxy) is 1. The summed E-state index contributed by atoms with van der Waals surface area (Å²) in [6.45, 7) is 2.02. The van der Waals surface area contributed by atoms with Gasteiger partial charge in [-0.1, -0.05) is 60.2 Å². The van der Waals surface area contributed by atoms with Crippen LogP contribution in [0.1, 0.15) is 17.5 Å². The number of amides is 2. The highest BCUT2D eigenvalue weighted by molar-refractivity contribution is 7.89. The van der Waals surface area contributed by atoms with E-state index in [1.807, 2.05) is 37.3 Å². The molecular formula is C24H28N2O6S. The third kappa shape index (κ3) is 6.74. The highest BCUT2D eigenvalue weighted by Crippen LogP contribution is 2.19. The van der Waals surface area contributed by atoms with Gasteiger partial charge in [0.1, 0.15) is 6.61 Å². The van der Waals surface area contributed by atoms with Crippen molar-refractivity contribution in [3.8, 4) is 0 Å². The van der Waals surface area contributed by atoms with Crippen LogP contribution >= 0.6 is 0 Å². The van der Waals surface area contributed by atoms with E-state index in [-0.39, 0.29) is 24.6 Å². The first-order valence-corrected chi connectivity index (χ1v) is 12.2. The summed E-state index contributed by atoms with van der Waals surface area (Å²) < 4.78 is 32.2. The summed E-state index contributed by atoms with van der Waals surface area (Å²) >= 11 is 0. The van der Waals surface area contributed by atoms with Crippen molar-refractivity contribution in [2.45, 2.75) is 30.8 Å². The molecule has 1 fully saturated rings. The smallest absolute Gasteiger partial charge is 0.416 e. The van der Waals surface area contributed by atoms with Crippen molar-refractivity contribution in [1.29, 1.82) is 0 Å². The predicted octanol–water partition coefficient (Wildman–Crippen LogP) is 2.42. The van der Waals surface area contributed by atoms with Gasteiger partial charge in [-0.2, -0.15) is 0 Å². The number of benzene rings is 2. The third-order valence-electron chi connectivity index (χ3n) is 5.36. The molecule has 176 valence electrons. The summed E-state index contributed by atoms with van der Waals surface area (Å²) in [4.78, 5) is 25.9. The van der Waals surface area contributed by atoms with Gasteiger partial charge in [-0.15, -0.1) is 0 Å². The zero-order chi connectivity index (χ0) is 23.8. The molecule has 0 aliphatic carbocycles. The van der Waals surface area contributed by atoms with Crippen LogP contribution < -0.4 is 4.72 Å². The van der Waals surface area contributed by atoms with Crippen LogP contribution in [0.2, 0.25) is 0 Å². The number of nitrogens with one attached hydrogen (secondary N) is 1. The third-order valence-corrected chi connectivity index (χ3v) is 6.80. The van der Waals surface area contributed by atoms with Crippen LogP contribution in [0.5, 0.6) is 0 Å². The second-order valence-electron chi connectivity index (χ2n) is 7.81. The maximum Gasteiger partial charge on any atom is 0.416 e. The van der Waals surface area contributed by atoms with E-state index in [4.69, 9.17) is 4.74 Å². The second-order valence-corrected chi connectivity index (χ2v) is 9.58. The lowest BCUT2D eigenvalue weighted by Gasteiger charge is -2.22. The molecule has 1 aliphatic rings. The zero-order valence-electron chi connectivity index (χ0n) is 18.4. The van der Waals surface area contributed by atoms with Crippen molar-refractivity contribution < 1.29 is 27.9 Å². The van der Waals surface area contributed by atoms with E-state index < -0.39 is 34.0 Å². The normalized spacial score (nSPS) is 16.1. The topological polar surface area (TPSA) is 113 Å². The number of carbonyl (C=O) groups is 2. The summed E-state index contributed by atoms with van der Waals surface area (Å²) in [6.07, 6.45) is 1.96. The molecule has 2 atom stereocenters. The molecule has 2 aromatic rings. The lowest BCUT2D eigenvalue weighted by molar-refractivity contribution is -0.133. The fourth-order valence-corrected chi connectivity index (χ4v) is 4.44. The van der Waals surface area contributed by atoms with Gasteiger partial charge < -0.3 is 9.84 Å². The summed E-state index contributed by atoms with van der Waals surface area (Å²) in [7, 11) is -3.72. The number of nitrogens with zero attached hydrogens (tertiary/aromatic N) is 1. The van der Waals surface area contributed by atoms with E-state index in [9.17, 15) is 23.1 Å². The molecule has 0 aromatic heterocycles. The molecule has 0 spiro atoms. The summed E-state index contributed by atoms with van der Waals surface area (Å²) in [5.74, 6) is -1.58. The van der Waals surface area contributed by atoms with E-state index >= 15 is 0 Å². The van der Waals surface area contributed by atoms with E-state index in [0.29, 0.717) is 12.8 Å². The Morgan fingerprint density at radius 1 is 1.18 bits per heavy atom. The molecule has 3 rings (SSSR count). The summed E-state index contributed by atoms with van der Waals surface area (Å²) in [6, 6.07) is 16.0. The molecule has 0 saturated carbocycles. The highest BCUT2D eigenvalue weighted by Gasteiger charge is 2.35. The van der Waals surface area contributed by atoms with E-state index in [0.717, 1.165) is 16.0 Å². The van der Waals surface area contributed by atoms with Crippen LogP contribution in [0.4, 0.5) is 4.79 Å². The predicted molar refractivity (Wildman–Crippen MR) is 123 cm³/mol. The van der Waals surface area contributed by atoms with Gasteiger partial charge in [0.25, 0.3) is 0 Å². The van der Waals surface area contributed by atoms with Gasteiger partial charge in [0.05, 0.1) is 23.5 Å². The lowest BCUT2D eigenvalue weighted by Crippen LogP contribution is -2.41. The molecule has 1 aliphatic heterocycles. The molecule has 8 nitrogen and oxygen atoms in total. The Hall–Kier alpha value is -3.01. The van der Waals surface area contributed by atoms with Gasteiger partial charge in [-0.05, 0) is 37.5 Å². The standard InChI is InChI=1S/C24H28N2O6S/c1-18-9-12-20(13-10-18)33(30,31)25-15-5-8-21(23(28)26-16-17-32-24(26)29)22(27)14-11-19-6-3-2-4-7-19/h2-10,12-13,21-22,25,27H,11,14-17H2,1H3/b8-5+/t21-,22+/m0/s1. The molecule has 0 unspecified atom stereocenters. The molecule has 2 N–H and O–H groups in total. The number of imide groups is 1. The molecule has 0 bridgehead atoms. The van der Waals surface area contributed by atoms with Crippen LogP contribution in [-0.4, -0.2) is 56.2 Å². The lowest BCUT2D eigenvalue weighted by atomic mass is 9.94. The number of hydrogen-bond donors (Lipinski definition) is 2. The number of aliphatic hydroxyl groups excluding tert-OH is 1. The fourth-order valence-electron chi connectivity index (χ4n) is 3.46. The van der Waals surface area contributed by atoms with Crippen molar-refractivity contribution >= 4 is 22.0 Å². The average Bonchev–Trinajstić information content (AvgIpc) is 3.24. The van der Waals surface area contributed by atoms with Gasteiger partial charge in [0.15, 0.2) is 0 Å². The van der Waals surface area contributed by atoms with Crippen molar-refractivity contribution in [3.63, 3.8) is 0 Å². The minimum absolute atomic E-state index is 0.0736. The molecule has 1 heterocycles. The van der Waals surface area contributed by atoms with Gasteiger partial charge in [0.2, 0.25) is 15.9 Å². The zero-order valence-corrected chi connectivity index (χ0v) is 19.2. The van der Waals surface area contributed by atoms with Gasteiger partial charge in [-0.3, -0.25) is 4.79 Å². The molecule has 0 radical (unpaired) electrons. The number of hydrogen-bond acceptors (Lipinski definition) is 6. The minimum Gasteiger partial charge on any atom is -0.447 e. The fraction of sp³-hybridized carbons (Fsp3) is 0.333. The molecule has 33 heavy (non-hydrogen) atoms. The Balaban J connectivity index is 1.67. The Morgan fingerprint density at radius 3 is 2.52 bits per heavy atom. The van der Waals surface area contributed by atoms with E-state index in [1.54, 1.807) is 12.1 Å². The monoisotopic (exact) mass is 472 g/mol. The van der Waals surface area contributed by atoms with E-state index in [1.165, 1.54) is 24.3 Å². The minimum atomic E-state index is -3.72. The summed E-state index contributed by atoms with van der Waals surface area (Å²) in [5, 5.41) is 10.8. The number of aliphatic hydroxyl groups is 1. The Bertz CT molecular complexity index is 1080. The quantitative estimate of drug-likeness (QED) is 0.514. The number of carbonyl (C=O) groups excluding carboxylic acids is 2. The molecule has 2 aromatic carbocycles. The SMILES string of the molecule is Cc1ccc(S(=O)(=O)NC/C=C/[C@H](C(=O)N2CCOC2=O)[C@H](O)CCc2ccccc2)cc1. The van der Waals surface area contributed by atoms with Gasteiger partial charge >= 0.3 is 6.09 Å². The Kier molecular flexibility index (Phi) is 8.37. The van der Waals surface area contributed by atoms with Crippen LogP contribution in [-0.2, 0) is 26.0 Å². The number of aryl methyl sites for hydroxylation is 2. The number of cyclic esters (lactones) is 1. The highest BCUT2D eigenvalue weighted by atomic mass is 32.2. The van der Waals surface area contributed by atoms with Crippen molar-refractivity contribution in [1.82, 2.24) is 9.62 Å². The van der Waals surface area contributed by atoms with Crippen LogP contribution in [0.25, 0.3) is 0 Å². The molecule has 9 heteroatoms. The van der Waals surface area contributed by atoms with Crippen molar-refractivity contribution in [3.05, 3.63) is 77.9 Å². The average molecular weight is 473 g/mol. The van der Waals surface area contributed by atoms with Crippen LogP contribution in [0, 0.1) is 12.8 Å². The van der Waals surface area contributed by atoms with Crippen LogP contribution in [0.3, 0.4) is 0 Å². The first kappa shape index (κ1) is 24.6. The maximum atomic E-state index is 12.9. The largest absolute Gasteiger partial charge is 0.447 e. The molecular weight excluding hydrogens is 444 g/mol. The van der Waals surface area contributed by atoms with Crippen molar-refractivity contribution in [2.24, 2.45) is 5.92 Å². The van der Waals surface area contributed by atoms with Crippen molar-refractivity contribution in [2.75, 3.05) is 19.7 Å². The Labute approximate surface area is 193 Å². The number of sulfonamides is 1.